The van der Waals surface area contributed by atoms with Crippen molar-refractivity contribution in [1.29, 1.82) is 0 Å². The average molecular weight is 581 g/mol. The summed E-state index contributed by atoms with van der Waals surface area (Å²) < 4.78 is 26.7. The summed E-state index contributed by atoms with van der Waals surface area (Å²) in [6.07, 6.45) is 5.94. The predicted octanol–water partition coefficient (Wildman–Crippen LogP) is 4.06. The summed E-state index contributed by atoms with van der Waals surface area (Å²) in [6.45, 7) is 0.608. The Morgan fingerprint density at radius 3 is 2.88 bits per heavy atom. The first-order chi connectivity index (χ1) is 16.3. The van der Waals surface area contributed by atoms with Crippen molar-refractivity contribution in [1.82, 2.24) is 19.5 Å². The Balaban J connectivity index is 1.20. The number of imidazole rings is 1. The summed E-state index contributed by atoms with van der Waals surface area (Å²) in [5.74, 6) is 0.719. The number of benzene rings is 1. The Hall–Kier alpha value is -1.51. The summed E-state index contributed by atoms with van der Waals surface area (Å²) in [7, 11) is 0. The molecular formula is C22H24IN5O4S. The van der Waals surface area contributed by atoms with Gasteiger partial charge in [-0.25, -0.2) is 15.0 Å². The molecule has 2 saturated heterocycles. The van der Waals surface area contributed by atoms with E-state index in [1.54, 1.807) is 12.7 Å². The van der Waals surface area contributed by atoms with Crippen molar-refractivity contribution in [3.8, 4) is 0 Å². The van der Waals surface area contributed by atoms with Crippen LogP contribution in [0.1, 0.15) is 31.1 Å². The van der Waals surface area contributed by atoms with Gasteiger partial charge >= 0.3 is 0 Å². The Morgan fingerprint density at radius 1 is 1.12 bits per heavy atom. The number of aromatic nitrogens is 4. The molecule has 2 aliphatic heterocycles. The van der Waals surface area contributed by atoms with Crippen LogP contribution in [-0.2, 0) is 24.4 Å². The van der Waals surface area contributed by atoms with Crippen LogP contribution in [0.4, 0.5) is 5.82 Å². The monoisotopic (exact) mass is 581 g/mol. The van der Waals surface area contributed by atoms with Crippen molar-refractivity contribution < 1.29 is 17.8 Å². The molecule has 0 bridgehead atoms. The fraction of sp³-hybridized carbons (Fsp3) is 0.500. The topological polar surface area (TPSA) is 92.6 Å². The SMILES string of the molecule is IC[C@H]1O[C@@H](n2cnc3c(NC4CCCC4OCc4ccccc4)ncnc32)[C@@H]2OSO[C@@H]21. The third-order valence-electron chi connectivity index (χ3n) is 6.45. The second kappa shape index (κ2) is 9.62. The molecule has 0 amide bonds. The molecule has 3 fully saturated rings. The summed E-state index contributed by atoms with van der Waals surface area (Å²) in [6, 6.07) is 10.5. The lowest BCUT2D eigenvalue weighted by Gasteiger charge is -2.22. The van der Waals surface area contributed by atoms with E-state index in [9.17, 15) is 0 Å². The number of nitrogens with one attached hydrogen (secondary N) is 1. The van der Waals surface area contributed by atoms with Crippen LogP contribution >= 0.6 is 34.9 Å². The minimum absolute atomic E-state index is 0.0338. The van der Waals surface area contributed by atoms with E-state index in [1.807, 2.05) is 22.8 Å². The minimum Gasteiger partial charge on any atom is -0.371 e. The molecule has 174 valence electrons. The van der Waals surface area contributed by atoms with Crippen LogP contribution < -0.4 is 5.32 Å². The number of ether oxygens (including phenoxy) is 2. The van der Waals surface area contributed by atoms with Crippen LogP contribution in [0.2, 0.25) is 0 Å². The van der Waals surface area contributed by atoms with Gasteiger partial charge < -0.3 is 14.8 Å². The van der Waals surface area contributed by atoms with E-state index in [0.29, 0.717) is 12.3 Å². The number of hydrogen-bond donors (Lipinski definition) is 1. The van der Waals surface area contributed by atoms with Gasteiger partial charge in [-0.3, -0.25) is 12.9 Å². The van der Waals surface area contributed by atoms with Crippen molar-refractivity contribution >= 4 is 51.9 Å². The second-order valence-electron chi connectivity index (χ2n) is 8.47. The van der Waals surface area contributed by atoms with E-state index in [-0.39, 0.29) is 36.7 Å². The molecule has 11 heteroatoms. The average Bonchev–Trinajstić information content (AvgIpc) is 3.63. The second-order valence-corrected chi connectivity index (χ2v) is 9.87. The minimum atomic E-state index is -0.342. The van der Waals surface area contributed by atoms with E-state index in [4.69, 9.17) is 17.8 Å². The van der Waals surface area contributed by atoms with Gasteiger partial charge in [0.25, 0.3) is 0 Å². The number of nitrogens with zero attached hydrogens (tertiary/aromatic N) is 4. The van der Waals surface area contributed by atoms with Gasteiger partial charge in [-0.1, -0.05) is 52.9 Å². The van der Waals surface area contributed by atoms with Gasteiger partial charge in [-0.15, -0.1) is 0 Å². The van der Waals surface area contributed by atoms with E-state index >= 15 is 0 Å². The molecule has 9 nitrogen and oxygen atoms in total. The van der Waals surface area contributed by atoms with Crippen molar-refractivity contribution in [3.05, 3.63) is 48.5 Å². The highest BCUT2D eigenvalue weighted by Crippen LogP contribution is 2.44. The Labute approximate surface area is 209 Å². The van der Waals surface area contributed by atoms with E-state index in [2.05, 4.69) is 55.0 Å². The fourth-order valence-electron chi connectivity index (χ4n) is 4.78. The quantitative estimate of drug-likeness (QED) is 0.252. The summed E-state index contributed by atoms with van der Waals surface area (Å²) in [5, 5.41) is 3.59. The summed E-state index contributed by atoms with van der Waals surface area (Å²) in [5.41, 5.74) is 2.61. The molecule has 3 aliphatic rings. The van der Waals surface area contributed by atoms with Crippen LogP contribution in [0.3, 0.4) is 0 Å². The third-order valence-corrected chi connectivity index (χ3v) is 7.92. The van der Waals surface area contributed by atoms with Crippen molar-refractivity contribution in [2.75, 3.05) is 9.74 Å². The van der Waals surface area contributed by atoms with Gasteiger partial charge in [0.05, 0.1) is 31.2 Å². The third kappa shape index (κ3) is 4.23. The molecule has 1 aromatic carbocycles. The first kappa shape index (κ1) is 22.0. The van der Waals surface area contributed by atoms with Crippen molar-refractivity contribution in [2.24, 2.45) is 0 Å². The van der Waals surface area contributed by atoms with Gasteiger partial charge in [0, 0.05) is 4.43 Å². The van der Waals surface area contributed by atoms with Gasteiger partial charge in [-0.2, -0.15) is 0 Å². The number of alkyl halides is 1. The standard InChI is InChI=1S/C22H24IN5O4S/c23-9-16-18-19(32-33-31-18)22(30-16)28-12-26-17-20(24-11-25-21(17)28)27-14-7-4-8-15(14)29-10-13-5-2-1-3-6-13/h1-3,5-6,11-12,14-16,18-19,22H,4,7-10H2,(H,24,25,27)/t14?,15?,16-,18-,19-,22-/m1/s1. The first-order valence-electron chi connectivity index (χ1n) is 11.1. The number of fused-ring (bicyclic) bond motifs is 2. The zero-order valence-corrected chi connectivity index (χ0v) is 20.7. The maximum Gasteiger partial charge on any atom is 0.167 e. The first-order valence-corrected chi connectivity index (χ1v) is 13.3. The summed E-state index contributed by atoms with van der Waals surface area (Å²) in [4.78, 5) is 13.7. The van der Waals surface area contributed by atoms with E-state index < -0.39 is 0 Å². The Bertz CT molecular complexity index is 1100. The normalized spacial score (nSPS) is 31.3. The highest BCUT2D eigenvalue weighted by molar-refractivity contribution is 14.1. The Kier molecular flexibility index (Phi) is 6.41. The van der Waals surface area contributed by atoms with Crippen LogP contribution in [0.25, 0.3) is 11.2 Å². The summed E-state index contributed by atoms with van der Waals surface area (Å²) >= 11 is 3.36. The maximum atomic E-state index is 6.26. The van der Waals surface area contributed by atoms with Gasteiger partial charge in [-0.05, 0) is 24.8 Å². The molecular weight excluding hydrogens is 557 g/mol. The fourth-order valence-corrected chi connectivity index (χ4v) is 6.15. The maximum absolute atomic E-state index is 6.26. The lowest BCUT2D eigenvalue weighted by molar-refractivity contribution is -0.0209. The van der Waals surface area contributed by atoms with Crippen molar-refractivity contribution in [3.63, 3.8) is 0 Å². The van der Waals surface area contributed by atoms with Gasteiger partial charge in [0.2, 0.25) is 0 Å². The van der Waals surface area contributed by atoms with Gasteiger partial charge in [0.15, 0.2) is 35.5 Å². The predicted molar refractivity (Wildman–Crippen MR) is 132 cm³/mol. The molecule has 2 unspecified atom stereocenters. The van der Waals surface area contributed by atoms with Crippen LogP contribution in [0.15, 0.2) is 43.0 Å². The largest absolute Gasteiger partial charge is 0.371 e. The van der Waals surface area contributed by atoms with Crippen molar-refractivity contribution in [2.45, 2.75) is 62.6 Å². The van der Waals surface area contributed by atoms with E-state index in [0.717, 1.165) is 47.3 Å². The molecule has 1 aliphatic carbocycles. The molecule has 1 N–H and O–H groups in total. The molecule has 33 heavy (non-hydrogen) atoms. The van der Waals surface area contributed by atoms with Gasteiger partial charge in [0.1, 0.15) is 18.5 Å². The Morgan fingerprint density at radius 2 is 2.00 bits per heavy atom. The zero-order chi connectivity index (χ0) is 22.2. The van der Waals surface area contributed by atoms with Crippen LogP contribution in [-0.4, -0.2) is 54.4 Å². The number of anilines is 1. The van der Waals surface area contributed by atoms with Crippen LogP contribution in [0, 0.1) is 0 Å². The molecule has 1 saturated carbocycles. The lowest BCUT2D eigenvalue weighted by Crippen LogP contribution is -2.31. The highest BCUT2D eigenvalue weighted by atomic mass is 127. The molecule has 0 spiro atoms. The zero-order valence-electron chi connectivity index (χ0n) is 17.7. The molecule has 6 atom stereocenters. The molecule has 3 aromatic rings. The number of rotatable bonds is 7. The van der Waals surface area contributed by atoms with Crippen LogP contribution in [0.5, 0.6) is 0 Å². The number of halogens is 1. The molecule has 2 aromatic heterocycles. The molecule has 6 rings (SSSR count). The molecule has 0 radical (unpaired) electrons. The highest BCUT2D eigenvalue weighted by Gasteiger charge is 2.51. The molecule has 4 heterocycles. The van der Waals surface area contributed by atoms with E-state index in [1.165, 1.54) is 5.56 Å². The number of hydrogen-bond acceptors (Lipinski definition) is 9. The smallest absolute Gasteiger partial charge is 0.167 e. The lowest BCUT2D eigenvalue weighted by atomic mass is 10.1.